The summed E-state index contributed by atoms with van der Waals surface area (Å²) < 4.78 is 0. The third-order valence-electron chi connectivity index (χ3n) is 5.88. The van der Waals surface area contributed by atoms with Crippen LogP contribution in [0.5, 0.6) is 0 Å². The van der Waals surface area contributed by atoms with Gasteiger partial charge >= 0.3 is 0 Å². The standard InChI is InChI=1S/C25H32S/c1-7-26-21-11-8-19(9-12-21)16-18(2)20-10-13-22-23(17-20)25(5,6)15-14-24(22,3)4/h8-13,16-17H,7,14-15H2,1-6H3/b18-16+. The molecule has 0 saturated carbocycles. The van der Waals surface area contributed by atoms with Crippen molar-refractivity contribution in [2.45, 2.75) is 70.1 Å². The van der Waals surface area contributed by atoms with Crippen LogP contribution in [0.2, 0.25) is 0 Å². The van der Waals surface area contributed by atoms with E-state index in [1.165, 1.54) is 45.6 Å². The van der Waals surface area contributed by atoms with Crippen LogP contribution < -0.4 is 0 Å². The third kappa shape index (κ3) is 3.93. The molecule has 2 aromatic carbocycles. The normalized spacial score (nSPS) is 18.5. The number of rotatable bonds is 4. The molecule has 0 radical (unpaired) electrons. The second-order valence-corrected chi connectivity index (χ2v) is 10.2. The monoisotopic (exact) mass is 364 g/mol. The van der Waals surface area contributed by atoms with Crippen molar-refractivity contribution in [3.63, 3.8) is 0 Å². The largest absolute Gasteiger partial charge is 0.126 e. The molecular formula is C25H32S. The van der Waals surface area contributed by atoms with Gasteiger partial charge in [0.05, 0.1) is 0 Å². The topological polar surface area (TPSA) is 0 Å². The van der Waals surface area contributed by atoms with Crippen LogP contribution in [-0.4, -0.2) is 5.75 Å². The van der Waals surface area contributed by atoms with Crippen molar-refractivity contribution in [3.05, 3.63) is 64.7 Å². The molecule has 0 heterocycles. The van der Waals surface area contributed by atoms with E-state index in [0.717, 1.165) is 5.75 Å². The van der Waals surface area contributed by atoms with Crippen molar-refractivity contribution in [3.8, 4) is 0 Å². The first-order chi connectivity index (χ1) is 12.2. The van der Waals surface area contributed by atoms with E-state index in [0.29, 0.717) is 0 Å². The lowest BCUT2D eigenvalue weighted by atomic mass is 9.63. The maximum Gasteiger partial charge on any atom is 0.00722 e. The summed E-state index contributed by atoms with van der Waals surface area (Å²) in [6.45, 7) is 14.0. The van der Waals surface area contributed by atoms with Crippen molar-refractivity contribution in [2.24, 2.45) is 0 Å². The fourth-order valence-electron chi connectivity index (χ4n) is 3.99. The first kappa shape index (κ1) is 19.3. The molecule has 0 bridgehead atoms. The Balaban J connectivity index is 1.94. The van der Waals surface area contributed by atoms with Gasteiger partial charge in [-0.25, -0.2) is 0 Å². The molecule has 2 aromatic rings. The maximum absolute atomic E-state index is 2.45. The molecule has 1 heteroatoms. The molecule has 0 unspecified atom stereocenters. The fraction of sp³-hybridized carbons (Fsp3) is 0.440. The highest BCUT2D eigenvalue weighted by molar-refractivity contribution is 7.99. The zero-order chi connectivity index (χ0) is 18.9. The maximum atomic E-state index is 2.45. The Morgan fingerprint density at radius 2 is 1.54 bits per heavy atom. The number of fused-ring (bicyclic) bond motifs is 1. The molecule has 0 aromatic heterocycles. The lowest BCUT2D eigenvalue weighted by molar-refractivity contribution is 0.332. The van der Waals surface area contributed by atoms with Crippen molar-refractivity contribution >= 4 is 23.4 Å². The zero-order valence-corrected chi connectivity index (χ0v) is 18.0. The van der Waals surface area contributed by atoms with Gasteiger partial charge < -0.3 is 0 Å². The predicted octanol–water partition coefficient (Wildman–Crippen LogP) is 7.71. The minimum absolute atomic E-state index is 0.264. The zero-order valence-electron chi connectivity index (χ0n) is 17.1. The Morgan fingerprint density at radius 3 is 2.15 bits per heavy atom. The van der Waals surface area contributed by atoms with Crippen molar-refractivity contribution in [1.82, 2.24) is 0 Å². The number of allylic oxidation sites excluding steroid dienone is 1. The van der Waals surface area contributed by atoms with Crippen LogP contribution in [0.15, 0.2) is 47.4 Å². The van der Waals surface area contributed by atoms with E-state index < -0.39 is 0 Å². The van der Waals surface area contributed by atoms with E-state index in [-0.39, 0.29) is 10.8 Å². The lowest BCUT2D eigenvalue weighted by Crippen LogP contribution is -2.33. The number of hydrogen-bond donors (Lipinski definition) is 0. The number of benzene rings is 2. The summed E-state index contributed by atoms with van der Waals surface area (Å²) in [5.41, 5.74) is 7.58. The first-order valence-corrected chi connectivity index (χ1v) is 10.8. The molecular weight excluding hydrogens is 332 g/mol. The van der Waals surface area contributed by atoms with E-state index in [9.17, 15) is 0 Å². The van der Waals surface area contributed by atoms with Crippen molar-refractivity contribution in [2.75, 3.05) is 5.75 Å². The molecule has 26 heavy (non-hydrogen) atoms. The van der Waals surface area contributed by atoms with Gasteiger partial charge in [0.25, 0.3) is 0 Å². The number of hydrogen-bond acceptors (Lipinski definition) is 1. The minimum Gasteiger partial charge on any atom is -0.126 e. The van der Waals surface area contributed by atoms with Gasteiger partial charge in [-0.05, 0) is 76.3 Å². The van der Waals surface area contributed by atoms with Crippen molar-refractivity contribution < 1.29 is 0 Å². The van der Waals surface area contributed by atoms with Crippen LogP contribution in [0.4, 0.5) is 0 Å². The molecule has 1 aliphatic rings. The second-order valence-electron chi connectivity index (χ2n) is 8.86. The van der Waals surface area contributed by atoms with Gasteiger partial charge in [-0.15, -0.1) is 11.8 Å². The van der Waals surface area contributed by atoms with Gasteiger partial charge in [0, 0.05) is 4.90 Å². The Kier molecular flexibility index (Phi) is 5.40. The average Bonchev–Trinajstić information content (AvgIpc) is 2.61. The molecule has 0 fully saturated rings. The van der Waals surface area contributed by atoms with Gasteiger partial charge in [0.2, 0.25) is 0 Å². The summed E-state index contributed by atoms with van der Waals surface area (Å²) >= 11 is 1.89. The smallest absolute Gasteiger partial charge is 0.00722 e. The second kappa shape index (κ2) is 7.27. The van der Waals surface area contributed by atoms with Crippen LogP contribution in [0.25, 0.3) is 11.6 Å². The molecule has 0 saturated heterocycles. The van der Waals surface area contributed by atoms with Gasteiger partial charge in [0.1, 0.15) is 0 Å². The van der Waals surface area contributed by atoms with E-state index in [1.54, 1.807) is 0 Å². The predicted molar refractivity (Wildman–Crippen MR) is 118 cm³/mol. The summed E-state index contributed by atoms with van der Waals surface area (Å²) in [5.74, 6) is 1.12. The molecule has 1 aliphatic carbocycles. The van der Waals surface area contributed by atoms with Gasteiger partial charge in [-0.1, -0.05) is 71.0 Å². The highest BCUT2D eigenvalue weighted by Gasteiger charge is 2.36. The first-order valence-electron chi connectivity index (χ1n) is 9.79. The molecule has 0 nitrogen and oxygen atoms in total. The minimum atomic E-state index is 0.264. The van der Waals surface area contributed by atoms with Gasteiger partial charge in [-0.2, -0.15) is 0 Å². The van der Waals surface area contributed by atoms with E-state index in [1.807, 2.05) is 11.8 Å². The Labute approximate surface area is 164 Å². The van der Waals surface area contributed by atoms with Crippen LogP contribution in [0.1, 0.15) is 76.6 Å². The van der Waals surface area contributed by atoms with Crippen LogP contribution >= 0.6 is 11.8 Å². The SMILES string of the molecule is CCSc1ccc(/C=C(\C)c2ccc3c(c2)C(C)(C)CCC3(C)C)cc1. The quantitative estimate of drug-likeness (QED) is 0.395. The summed E-state index contributed by atoms with van der Waals surface area (Å²) in [4.78, 5) is 1.35. The van der Waals surface area contributed by atoms with E-state index in [4.69, 9.17) is 0 Å². The van der Waals surface area contributed by atoms with E-state index >= 15 is 0 Å². The molecule has 138 valence electrons. The highest BCUT2D eigenvalue weighted by atomic mass is 32.2. The van der Waals surface area contributed by atoms with E-state index in [2.05, 4.69) is 90.1 Å². The summed E-state index contributed by atoms with van der Waals surface area (Å²) in [6.07, 6.45) is 4.84. The Bertz CT molecular complexity index is 807. The summed E-state index contributed by atoms with van der Waals surface area (Å²) in [7, 11) is 0. The highest BCUT2D eigenvalue weighted by Crippen LogP contribution is 2.46. The average molecular weight is 365 g/mol. The lowest BCUT2D eigenvalue weighted by Gasteiger charge is -2.42. The van der Waals surface area contributed by atoms with Crippen LogP contribution in [0, 0.1) is 0 Å². The van der Waals surface area contributed by atoms with Crippen LogP contribution in [0.3, 0.4) is 0 Å². The Morgan fingerprint density at radius 1 is 0.923 bits per heavy atom. The summed E-state index contributed by atoms with van der Waals surface area (Å²) in [5, 5.41) is 0. The van der Waals surface area contributed by atoms with Gasteiger partial charge in [-0.3, -0.25) is 0 Å². The Hall–Kier alpha value is -1.47. The number of thioether (sulfide) groups is 1. The summed E-state index contributed by atoms with van der Waals surface area (Å²) in [6, 6.07) is 16.1. The molecule has 3 rings (SSSR count). The molecule has 0 amide bonds. The van der Waals surface area contributed by atoms with Gasteiger partial charge in [0.15, 0.2) is 0 Å². The fourth-order valence-corrected chi connectivity index (χ4v) is 4.66. The van der Waals surface area contributed by atoms with Crippen LogP contribution in [-0.2, 0) is 10.8 Å². The molecule has 0 spiro atoms. The molecule has 0 aliphatic heterocycles. The molecule has 0 atom stereocenters. The third-order valence-corrected chi connectivity index (χ3v) is 6.78. The van der Waals surface area contributed by atoms with Crippen molar-refractivity contribution in [1.29, 1.82) is 0 Å². The molecule has 0 N–H and O–H groups in total.